The Morgan fingerprint density at radius 1 is 1.25 bits per heavy atom. The highest BCUT2D eigenvalue weighted by Crippen LogP contribution is 2.21. The third-order valence-electron chi connectivity index (χ3n) is 2.64. The fourth-order valence-electron chi connectivity index (χ4n) is 1.66. The molecule has 0 bridgehead atoms. The minimum absolute atomic E-state index is 0.137. The number of carbonyl (C=O) groups is 1. The Morgan fingerprint density at radius 2 is 1.88 bits per heavy atom. The molecular formula is C14H21NO. The zero-order valence-corrected chi connectivity index (χ0v) is 10.4. The maximum absolute atomic E-state index is 11.9. The van der Waals surface area contributed by atoms with E-state index in [-0.39, 0.29) is 11.3 Å². The van der Waals surface area contributed by atoms with Gasteiger partial charge < -0.3 is 5.32 Å². The van der Waals surface area contributed by atoms with E-state index >= 15 is 0 Å². The van der Waals surface area contributed by atoms with Crippen LogP contribution in [0.25, 0.3) is 0 Å². The first-order valence-corrected chi connectivity index (χ1v) is 5.88. The molecule has 16 heavy (non-hydrogen) atoms. The van der Waals surface area contributed by atoms with Crippen LogP contribution in [0.3, 0.4) is 0 Å². The van der Waals surface area contributed by atoms with Gasteiger partial charge in [-0.15, -0.1) is 0 Å². The van der Waals surface area contributed by atoms with Crippen LogP contribution in [0.15, 0.2) is 30.3 Å². The quantitative estimate of drug-likeness (QED) is 0.810. The summed E-state index contributed by atoms with van der Waals surface area (Å²) in [6.45, 7) is 6.80. The van der Waals surface area contributed by atoms with Gasteiger partial charge in [-0.05, 0) is 18.4 Å². The topological polar surface area (TPSA) is 29.1 Å². The number of hydrogen-bond acceptors (Lipinski definition) is 1. The summed E-state index contributed by atoms with van der Waals surface area (Å²) in [7, 11) is 0. The van der Waals surface area contributed by atoms with Crippen molar-refractivity contribution in [1.82, 2.24) is 5.32 Å². The maximum Gasteiger partial charge on any atom is 0.225 e. The first-order valence-electron chi connectivity index (χ1n) is 5.88. The third kappa shape index (κ3) is 3.69. The molecule has 0 saturated carbocycles. The molecule has 1 aromatic rings. The number of hydrogen-bond donors (Lipinski definition) is 1. The van der Waals surface area contributed by atoms with Gasteiger partial charge in [-0.1, -0.05) is 51.1 Å². The Kier molecular flexibility index (Phi) is 4.53. The summed E-state index contributed by atoms with van der Waals surface area (Å²) in [6, 6.07) is 10.1. The predicted molar refractivity (Wildman–Crippen MR) is 67.2 cm³/mol. The van der Waals surface area contributed by atoms with Gasteiger partial charge in [0.05, 0.1) is 0 Å². The molecule has 88 valence electrons. The number of benzene rings is 1. The van der Waals surface area contributed by atoms with Gasteiger partial charge in [-0.2, -0.15) is 0 Å². The van der Waals surface area contributed by atoms with Crippen LogP contribution in [0.4, 0.5) is 0 Å². The summed E-state index contributed by atoms with van der Waals surface area (Å²) in [5.41, 5.74) is 0.871. The van der Waals surface area contributed by atoms with E-state index in [0.29, 0.717) is 0 Å². The van der Waals surface area contributed by atoms with Crippen LogP contribution in [0.5, 0.6) is 0 Å². The number of nitrogens with one attached hydrogen (secondary N) is 1. The Bertz CT molecular complexity index is 330. The molecule has 1 N–H and O–H groups in total. The van der Waals surface area contributed by atoms with Crippen molar-refractivity contribution in [1.29, 1.82) is 0 Å². The molecule has 2 nitrogen and oxygen atoms in total. The molecule has 0 aliphatic carbocycles. The predicted octanol–water partition coefficient (Wildman–Crippen LogP) is 2.78. The average molecular weight is 219 g/mol. The fraction of sp³-hybridized carbons (Fsp3) is 0.500. The van der Waals surface area contributed by atoms with Gasteiger partial charge in [0.1, 0.15) is 0 Å². The van der Waals surface area contributed by atoms with Crippen molar-refractivity contribution in [2.24, 2.45) is 5.41 Å². The van der Waals surface area contributed by atoms with E-state index in [4.69, 9.17) is 0 Å². The highest BCUT2D eigenvalue weighted by Gasteiger charge is 2.27. The Hall–Kier alpha value is -1.31. The van der Waals surface area contributed by atoms with Gasteiger partial charge in [0.25, 0.3) is 0 Å². The molecule has 0 saturated heterocycles. The van der Waals surface area contributed by atoms with Crippen LogP contribution in [0.2, 0.25) is 0 Å². The summed E-state index contributed by atoms with van der Waals surface area (Å²) >= 11 is 0. The van der Waals surface area contributed by atoms with Crippen molar-refractivity contribution in [3.63, 3.8) is 0 Å². The smallest absolute Gasteiger partial charge is 0.225 e. The van der Waals surface area contributed by atoms with Crippen LogP contribution in [-0.4, -0.2) is 12.5 Å². The van der Waals surface area contributed by atoms with Crippen molar-refractivity contribution < 1.29 is 4.79 Å². The summed E-state index contributed by atoms with van der Waals surface area (Å²) in [5, 5.41) is 2.95. The average Bonchev–Trinajstić information content (AvgIpc) is 2.26. The van der Waals surface area contributed by atoms with E-state index in [1.54, 1.807) is 0 Å². The molecule has 0 atom stereocenters. The lowest BCUT2D eigenvalue weighted by Gasteiger charge is -2.23. The van der Waals surface area contributed by atoms with Crippen molar-refractivity contribution in [3.05, 3.63) is 35.9 Å². The van der Waals surface area contributed by atoms with E-state index in [1.807, 2.05) is 32.0 Å². The summed E-state index contributed by atoms with van der Waals surface area (Å²) in [4.78, 5) is 11.9. The van der Waals surface area contributed by atoms with Crippen molar-refractivity contribution in [3.8, 4) is 0 Å². The molecule has 1 amide bonds. The number of carbonyl (C=O) groups excluding carboxylic acids is 1. The standard InChI is InChI=1S/C14H21NO/c1-4-10-15-13(16)14(2,3)11-12-8-6-5-7-9-12/h5-9H,4,10-11H2,1-3H3,(H,15,16). The molecule has 1 aromatic carbocycles. The van der Waals surface area contributed by atoms with Crippen LogP contribution in [0.1, 0.15) is 32.8 Å². The second-order valence-electron chi connectivity index (χ2n) is 4.80. The minimum atomic E-state index is -0.337. The van der Waals surface area contributed by atoms with E-state index < -0.39 is 0 Å². The Morgan fingerprint density at radius 3 is 2.44 bits per heavy atom. The van der Waals surface area contributed by atoms with E-state index in [2.05, 4.69) is 24.4 Å². The monoisotopic (exact) mass is 219 g/mol. The summed E-state index contributed by atoms with van der Waals surface area (Å²) < 4.78 is 0. The maximum atomic E-state index is 11.9. The molecule has 0 aromatic heterocycles. The highest BCUT2D eigenvalue weighted by atomic mass is 16.2. The lowest BCUT2D eigenvalue weighted by Crippen LogP contribution is -2.38. The molecule has 0 spiro atoms. The van der Waals surface area contributed by atoms with Crippen LogP contribution in [0, 0.1) is 5.41 Å². The third-order valence-corrected chi connectivity index (χ3v) is 2.64. The van der Waals surface area contributed by atoms with Crippen molar-refractivity contribution in [2.75, 3.05) is 6.54 Å². The van der Waals surface area contributed by atoms with Crippen molar-refractivity contribution in [2.45, 2.75) is 33.6 Å². The molecule has 0 unspecified atom stereocenters. The highest BCUT2D eigenvalue weighted by molar-refractivity contribution is 5.82. The number of amides is 1. The summed E-state index contributed by atoms with van der Waals surface area (Å²) in [6.07, 6.45) is 1.76. The second kappa shape index (κ2) is 5.69. The first-order chi connectivity index (χ1) is 7.56. The normalized spacial score (nSPS) is 11.2. The SMILES string of the molecule is CCCNC(=O)C(C)(C)Cc1ccccc1. The molecule has 0 aliphatic heterocycles. The lowest BCUT2D eigenvalue weighted by atomic mass is 9.85. The van der Waals surface area contributed by atoms with Gasteiger partial charge in [-0.3, -0.25) is 4.79 Å². The van der Waals surface area contributed by atoms with E-state index in [0.717, 1.165) is 19.4 Å². The summed E-state index contributed by atoms with van der Waals surface area (Å²) in [5.74, 6) is 0.137. The molecule has 2 heteroatoms. The zero-order chi connectivity index (χ0) is 12.0. The Labute approximate surface area is 98.1 Å². The van der Waals surface area contributed by atoms with Crippen molar-refractivity contribution >= 4 is 5.91 Å². The number of rotatable bonds is 5. The van der Waals surface area contributed by atoms with Crippen LogP contribution in [-0.2, 0) is 11.2 Å². The van der Waals surface area contributed by atoms with Crippen LogP contribution < -0.4 is 5.32 Å². The lowest BCUT2D eigenvalue weighted by molar-refractivity contribution is -0.129. The Balaban J connectivity index is 2.60. The van der Waals surface area contributed by atoms with Gasteiger partial charge in [0.15, 0.2) is 0 Å². The van der Waals surface area contributed by atoms with Gasteiger partial charge in [0.2, 0.25) is 5.91 Å². The molecule has 0 aliphatic rings. The van der Waals surface area contributed by atoms with Crippen LogP contribution >= 0.6 is 0 Å². The van der Waals surface area contributed by atoms with E-state index in [9.17, 15) is 4.79 Å². The minimum Gasteiger partial charge on any atom is -0.356 e. The first kappa shape index (κ1) is 12.8. The van der Waals surface area contributed by atoms with Gasteiger partial charge in [0, 0.05) is 12.0 Å². The molecule has 1 rings (SSSR count). The zero-order valence-electron chi connectivity index (χ0n) is 10.4. The molecule has 0 fully saturated rings. The largest absolute Gasteiger partial charge is 0.356 e. The molecular weight excluding hydrogens is 198 g/mol. The van der Waals surface area contributed by atoms with Gasteiger partial charge >= 0.3 is 0 Å². The fourth-order valence-corrected chi connectivity index (χ4v) is 1.66. The molecule has 0 radical (unpaired) electrons. The van der Waals surface area contributed by atoms with E-state index in [1.165, 1.54) is 5.56 Å². The molecule has 0 heterocycles. The second-order valence-corrected chi connectivity index (χ2v) is 4.80. The van der Waals surface area contributed by atoms with Gasteiger partial charge in [-0.25, -0.2) is 0 Å².